The predicted molar refractivity (Wildman–Crippen MR) is 64.7 cm³/mol. The molecule has 0 aromatic heterocycles. The summed E-state index contributed by atoms with van der Waals surface area (Å²) < 4.78 is 4.97. The van der Waals surface area contributed by atoms with Gasteiger partial charge in [0.25, 0.3) is 0 Å². The smallest absolute Gasteiger partial charge is 0.319 e. The normalized spacial score (nSPS) is 12.1. The van der Waals surface area contributed by atoms with Gasteiger partial charge in [0.05, 0.1) is 6.61 Å². The highest BCUT2D eigenvalue weighted by molar-refractivity contribution is 8.00. The first-order valence-corrected chi connectivity index (χ1v) is 6.18. The first-order valence-electron chi connectivity index (χ1n) is 5.30. The molecule has 1 N–H and O–H groups in total. The van der Waals surface area contributed by atoms with Crippen LogP contribution in [0.1, 0.15) is 20.3 Å². The summed E-state index contributed by atoms with van der Waals surface area (Å²) in [5, 5.41) is 9.34. The zero-order chi connectivity index (χ0) is 12.0. The molecule has 4 heteroatoms. The number of rotatable bonds is 5. The molecule has 0 aliphatic heterocycles. The van der Waals surface area contributed by atoms with E-state index in [-0.39, 0.29) is 17.0 Å². The van der Waals surface area contributed by atoms with Gasteiger partial charge in [-0.2, -0.15) is 0 Å². The number of carbonyl (C=O) groups excluding carboxylic acids is 1. The Morgan fingerprint density at radius 3 is 2.69 bits per heavy atom. The van der Waals surface area contributed by atoms with Crippen LogP contribution in [0.5, 0.6) is 5.75 Å². The average molecular weight is 240 g/mol. The van der Waals surface area contributed by atoms with Gasteiger partial charge < -0.3 is 9.84 Å². The highest BCUT2D eigenvalue weighted by atomic mass is 32.2. The van der Waals surface area contributed by atoms with Gasteiger partial charge >= 0.3 is 5.97 Å². The van der Waals surface area contributed by atoms with Crippen molar-refractivity contribution in [3.8, 4) is 5.75 Å². The second-order valence-corrected chi connectivity index (χ2v) is 4.48. The molecule has 0 aliphatic carbocycles. The Balaban J connectivity index is 2.70. The number of phenols is 1. The molecule has 16 heavy (non-hydrogen) atoms. The maximum Gasteiger partial charge on any atom is 0.319 e. The van der Waals surface area contributed by atoms with Crippen LogP contribution in [0.15, 0.2) is 29.2 Å². The largest absolute Gasteiger partial charge is 0.507 e. The number of ether oxygens (including phenoxy) is 1. The number of aromatic hydroxyl groups is 1. The fraction of sp³-hybridized carbons (Fsp3) is 0.417. The summed E-state index contributed by atoms with van der Waals surface area (Å²) >= 11 is 1.34. The minimum atomic E-state index is -0.256. The Bertz CT molecular complexity index is 352. The summed E-state index contributed by atoms with van der Waals surface area (Å²) in [6, 6.07) is 6.99. The van der Waals surface area contributed by atoms with Crippen LogP contribution in [0.25, 0.3) is 0 Å². The summed E-state index contributed by atoms with van der Waals surface area (Å²) in [7, 11) is 0. The molecule has 1 aromatic carbocycles. The molecule has 3 nitrogen and oxygen atoms in total. The molecule has 0 radical (unpaired) electrons. The number of hydrogen-bond acceptors (Lipinski definition) is 4. The highest BCUT2D eigenvalue weighted by Gasteiger charge is 2.20. The molecular weight excluding hydrogens is 224 g/mol. The van der Waals surface area contributed by atoms with Gasteiger partial charge in [-0.1, -0.05) is 19.1 Å². The number of para-hydroxylation sites is 1. The number of hydrogen-bond donors (Lipinski definition) is 1. The van der Waals surface area contributed by atoms with Crippen molar-refractivity contribution in [2.24, 2.45) is 0 Å². The summed E-state index contributed by atoms with van der Waals surface area (Å²) in [5.74, 6) is -0.0199. The second kappa shape index (κ2) is 6.43. The predicted octanol–water partition coefficient (Wildman–Crippen LogP) is 2.83. The second-order valence-electron chi connectivity index (χ2n) is 3.23. The molecule has 1 unspecified atom stereocenters. The molecule has 88 valence electrons. The zero-order valence-electron chi connectivity index (χ0n) is 9.47. The molecule has 0 saturated heterocycles. The van der Waals surface area contributed by atoms with E-state index in [0.717, 1.165) is 0 Å². The van der Waals surface area contributed by atoms with Crippen LogP contribution in [-0.2, 0) is 9.53 Å². The lowest BCUT2D eigenvalue weighted by atomic mass is 10.3. The van der Waals surface area contributed by atoms with Crippen molar-refractivity contribution >= 4 is 17.7 Å². The zero-order valence-corrected chi connectivity index (χ0v) is 10.3. The van der Waals surface area contributed by atoms with E-state index in [1.165, 1.54) is 11.8 Å². The quantitative estimate of drug-likeness (QED) is 0.635. The standard InChI is InChI=1S/C12H16O3S/c1-3-10(12(14)15-4-2)16-11-8-6-5-7-9(11)13/h5-8,10,13H,3-4H2,1-2H3. The van der Waals surface area contributed by atoms with Gasteiger partial charge in [-0.05, 0) is 25.5 Å². The third-order valence-corrected chi connectivity index (χ3v) is 3.46. The first-order chi connectivity index (χ1) is 7.69. The lowest BCUT2D eigenvalue weighted by Gasteiger charge is -2.13. The van der Waals surface area contributed by atoms with Crippen molar-refractivity contribution in [3.05, 3.63) is 24.3 Å². The average Bonchev–Trinajstić information content (AvgIpc) is 2.28. The Morgan fingerprint density at radius 2 is 2.12 bits per heavy atom. The monoisotopic (exact) mass is 240 g/mol. The van der Waals surface area contributed by atoms with Crippen LogP contribution >= 0.6 is 11.8 Å². The molecule has 0 saturated carbocycles. The summed E-state index contributed by atoms with van der Waals surface area (Å²) in [6.07, 6.45) is 0.678. The number of esters is 1. The molecule has 0 aliphatic rings. The van der Waals surface area contributed by atoms with E-state index >= 15 is 0 Å². The SMILES string of the molecule is CCOC(=O)C(CC)Sc1ccccc1O. The van der Waals surface area contributed by atoms with E-state index in [0.29, 0.717) is 17.9 Å². The van der Waals surface area contributed by atoms with E-state index in [9.17, 15) is 9.90 Å². The molecular formula is C12H16O3S. The van der Waals surface area contributed by atoms with Crippen LogP contribution < -0.4 is 0 Å². The van der Waals surface area contributed by atoms with Crippen LogP contribution in [-0.4, -0.2) is 22.9 Å². The van der Waals surface area contributed by atoms with Crippen molar-refractivity contribution in [1.82, 2.24) is 0 Å². The summed E-state index contributed by atoms with van der Waals surface area (Å²) in [6.45, 7) is 4.10. The van der Waals surface area contributed by atoms with Crippen molar-refractivity contribution < 1.29 is 14.6 Å². The number of carbonyl (C=O) groups is 1. The van der Waals surface area contributed by atoms with Gasteiger partial charge in [0.1, 0.15) is 11.0 Å². The summed E-state index contributed by atoms with van der Waals surface area (Å²) in [4.78, 5) is 12.3. The minimum absolute atomic E-state index is 0.204. The molecule has 1 rings (SSSR count). The van der Waals surface area contributed by atoms with Gasteiger partial charge in [-0.15, -0.1) is 11.8 Å². The third kappa shape index (κ3) is 3.45. The van der Waals surface area contributed by atoms with E-state index in [1.807, 2.05) is 13.0 Å². The maximum atomic E-state index is 11.6. The van der Waals surface area contributed by atoms with E-state index in [4.69, 9.17) is 4.74 Å². The van der Waals surface area contributed by atoms with Gasteiger partial charge in [0, 0.05) is 4.90 Å². The van der Waals surface area contributed by atoms with Crippen molar-refractivity contribution in [1.29, 1.82) is 0 Å². The Kier molecular flexibility index (Phi) is 5.19. The molecule has 0 bridgehead atoms. The fourth-order valence-electron chi connectivity index (χ4n) is 1.24. The Morgan fingerprint density at radius 1 is 1.44 bits per heavy atom. The molecule has 1 aromatic rings. The van der Waals surface area contributed by atoms with Crippen LogP contribution in [0.3, 0.4) is 0 Å². The van der Waals surface area contributed by atoms with Crippen LogP contribution in [0, 0.1) is 0 Å². The number of thioether (sulfide) groups is 1. The highest BCUT2D eigenvalue weighted by Crippen LogP contribution is 2.32. The van der Waals surface area contributed by atoms with Gasteiger partial charge in [-0.25, -0.2) is 0 Å². The van der Waals surface area contributed by atoms with Crippen LogP contribution in [0.4, 0.5) is 0 Å². The molecule has 0 amide bonds. The van der Waals surface area contributed by atoms with E-state index in [1.54, 1.807) is 25.1 Å². The topological polar surface area (TPSA) is 46.5 Å². The molecule has 0 heterocycles. The van der Waals surface area contributed by atoms with Gasteiger partial charge in [0.15, 0.2) is 0 Å². The Labute approximate surface area is 99.8 Å². The molecule has 0 spiro atoms. The van der Waals surface area contributed by atoms with E-state index in [2.05, 4.69) is 0 Å². The van der Waals surface area contributed by atoms with Crippen molar-refractivity contribution in [2.75, 3.05) is 6.61 Å². The third-order valence-electron chi connectivity index (χ3n) is 2.05. The fourth-order valence-corrected chi connectivity index (χ4v) is 2.23. The number of benzene rings is 1. The van der Waals surface area contributed by atoms with Gasteiger partial charge in [-0.3, -0.25) is 4.79 Å². The van der Waals surface area contributed by atoms with E-state index < -0.39 is 0 Å². The minimum Gasteiger partial charge on any atom is -0.507 e. The van der Waals surface area contributed by atoms with Crippen molar-refractivity contribution in [3.63, 3.8) is 0 Å². The van der Waals surface area contributed by atoms with Crippen molar-refractivity contribution in [2.45, 2.75) is 30.4 Å². The molecule has 0 fully saturated rings. The number of phenolic OH excluding ortho intramolecular Hbond substituents is 1. The maximum absolute atomic E-state index is 11.6. The lowest BCUT2D eigenvalue weighted by molar-refractivity contribution is -0.142. The Hall–Kier alpha value is -1.16. The van der Waals surface area contributed by atoms with Gasteiger partial charge in [0.2, 0.25) is 0 Å². The lowest BCUT2D eigenvalue weighted by Crippen LogP contribution is -2.19. The first kappa shape index (κ1) is 12.9. The van der Waals surface area contributed by atoms with Crippen LogP contribution in [0.2, 0.25) is 0 Å². The molecule has 1 atom stereocenters. The summed E-state index contributed by atoms with van der Waals surface area (Å²) in [5.41, 5.74) is 0.